The van der Waals surface area contributed by atoms with E-state index in [1.54, 1.807) is 6.92 Å². The third kappa shape index (κ3) is 4.51. The topological polar surface area (TPSA) is 122 Å². The second kappa shape index (κ2) is 9.87. The van der Waals surface area contributed by atoms with Gasteiger partial charge < -0.3 is 30.5 Å². The Hall–Kier alpha value is -1.36. The summed E-state index contributed by atoms with van der Waals surface area (Å²) < 4.78 is 0. The molecule has 8 nitrogen and oxygen atoms in total. The van der Waals surface area contributed by atoms with Gasteiger partial charge in [0.2, 0.25) is 11.8 Å². The van der Waals surface area contributed by atoms with E-state index in [9.17, 15) is 24.6 Å². The van der Waals surface area contributed by atoms with Crippen LogP contribution in [-0.4, -0.2) is 57.8 Å². The van der Waals surface area contributed by atoms with E-state index in [0.717, 1.165) is 11.3 Å². The SMILES string of the molecule is Cc1cccc(NC(=O)[C@@H]2C[C@H](SC3=C(C(=O)[O-])N4C(=O)[C@H]([C@@H](C)O)[C@H]4[C@H]3C)CN2)c1.[Na+]. The van der Waals surface area contributed by atoms with Crippen molar-refractivity contribution in [1.29, 1.82) is 0 Å². The number of amides is 2. The van der Waals surface area contributed by atoms with Crippen LogP contribution in [0.15, 0.2) is 34.9 Å². The van der Waals surface area contributed by atoms with Crippen LogP contribution in [0.3, 0.4) is 0 Å². The molecule has 3 heterocycles. The number of carbonyl (C=O) groups is 3. The van der Waals surface area contributed by atoms with Crippen molar-refractivity contribution < 1.29 is 54.2 Å². The van der Waals surface area contributed by atoms with E-state index in [4.69, 9.17) is 0 Å². The number of aryl methyl sites for hydroxylation is 1. The summed E-state index contributed by atoms with van der Waals surface area (Å²) in [5, 5.41) is 27.9. The predicted octanol–water partition coefficient (Wildman–Crippen LogP) is -2.78. The van der Waals surface area contributed by atoms with Crippen LogP contribution in [0.1, 0.15) is 25.8 Å². The zero-order valence-electron chi connectivity index (χ0n) is 18.6. The largest absolute Gasteiger partial charge is 1.00 e. The molecular weight excluding hydrogens is 441 g/mol. The fraction of sp³-hybridized carbons (Fsp3) is 0.500. The van der Waals surface area contributed by atoms with Gasteiger partial charge in [-0.3, -0.25) is 9.59 Å². The molecule has 3 aliphatic heterocycles. The molecule has 166 valence electrons. The Bertz CT molecular complexity index is 969. The van der Waals surface area contributed by atoms with Gasteiger partial charge in [0.1, 0.15) is 0 Å². The summed E-state index contributed by atoms with van der Waals surface area (Å²) in [6.07, 6.45) is -0.302. The number of carboxylic acid groups (broad SMARTS) is 1. The first-order valence-electron chi connectivity index (χ1n) is 10.4. The molecule has 10 heteroatoms. The third-order valence-electron chi connectivity index (χ3n) is 6.29. The van der Waals surface area contributed by atoms with Gasteiger partial charge in [0, 0.05) is 28.3 Å². The van der Waals surface area contributed by atoms with Crippen molar-refractivity contribution in [2.75, 3.05) is 11.9 Å². The first-order chi connectivity index (χ1) is 14.7. The van der Waals surface area contributed by atoms with Crippen molar-refractivity contribution in [3.05, 3.63) is 40.4 Å². The molecule has 1 aromatic rings. The van der Waals surface area contributed by atoms with Crippen molar-refractivity contribution in [2.24, 2.45) is 11.8 Å². The van der Waals surface area contributed by atoms with Crippen LogP contribution in [0, 0.1) is 18.8 Å². The molecule has 3 aliphatic rings. The Morgan fingerprint density at radius 1 is 1.38 bits per heavy atom. The average molecular weight is 468 g/mol. The maximum Gasteiger partial charge on any atom is 1.00 e. The third-order valence-corrected chi connectivity index (χ3v) is 7.80. The quantitative estimate of drug-likeness (QED) is 0.306. The second-order valence-electron chi connectivity index (χ2n) is 8.55. The standard InChI is InChI=1S/C22H27N3O5S.Na/c1-10-5-4-6-13(7-10)24-20(27)15-8-14(9-23-15)31-19-11(2)17-16(12(3)26)21(28)25(17)18(19)22(29)30;/h4-7,11-12,14-17,23,26H,8-9H2,1-3H3,(H,24,27)(H,29,30);/q;+1/p-1/t11-,12-,14+,15+,16-,17-;/m1./s1. The summed E-state index contributed by atoms with van der Waals surface area (Å²) >= 11 is 1.39. The number of hydrogen-bond donors (Lipinski definition) is 3. The fourth-order valence-corrected chi connectivity index (χ4v) is 6.27. The number of anilines is 1. The molecule has 0 spiro atoms. The van der Waals surface area contributed by atoms with Crippen LogP contribution in [0.4, 0.5) is 5.69 Å². The number of carboxylic acids is 1. The van der Waals surface area contributed by atoms with Crippen molar-refractivity contribution in [1.82, 2.24) is 10.2 Å². The van der Waals surface area contributed by atoms with Gasteiger partial charge in [-0.1, -0.05) is 19.1 Å². The van der Waals surface area contributed by atoms with Crippen molar-refractivity contribution >= 4 is 35.2 Å². The zero-order chi connectivity index (χ0) is 22.4. The van der Waals surface area contributed by atoms with Crippen LogP contribution < -0.4 is 45.3 Å². The molecule has 32 heavy (non-hydrogen) atoms. The smallest absolute Gasteiger partial charge is 0.543 e. The van der Waals surface area contributed by atoms with Gasteiger partial charge >= 0.3 is 29.6 Å². The number of thioether (sulfide) groups is 1. The normalized spacial score (nSPS) is 29.8. The number of aliphatic hydroxyl groups is 1. The van der Waals surface area contributed by atoms with Crippen LogP contribution >= 0.6 is 11.8 Å². The first kappa shape index (κ1) is 25.3. The van der Waals surface area contributed by atoms with Gasteiger partial charge in [-0.05, 0) is 38.0 Å². The van der Waals surface area contributed by atoms with Crippen LogP contribution in [-0.2, 0) is 14.4 Å². The molecule has 0 aliphatic carbocycles. The number of nitrogens with zero attached hydrogens (tertiary/aromatic N) is 1. The monoisotopic (exact) mass is 467 g/mol. The summed E-state index contributed by atoms with van der Waals surface area (Å²) in [4.78, 5) is 38.8. The molecule has 0 unspecified atom stereocenters. The van der Waals surface area contributed by atoms with Gasteiger partial charge in [-0.15, -0.1) is 11.8 Å². The van der Waals surface area contributed by atoms with Gasteiger partial charge in [-0.25, -0.2) is 0 Å². The number of carbonyl (C=O) groups excluding carboxylic acids is 3. The average Bonchev–Trinajstić information content (AvgIpc) is 3.24. The zero-order valence-corrected chi connectivity index (χ0v) is 21.4. The van der Waals surface area contributed by atoms with Gasteiger partial charge in [0.15, 0.2) is 0 Å². The summed E-state index contributed by atoms with van der Waals surface area (Å²) in [6.45, 7) is 5.93. The van der Waals surface area contributed by atoms with E-state index in [2.05, 4.69) is 10.6 Å². The minimum Gasteiger partial charge on any atom is -0.543 e. The van der Waals surface area contributed by atoms with E-state index >= 15 is 0 Å². The summed E-state index contributed by atoms with van der Waals surface area (Å²) in [5.74, 6) is -2.70. The Morgan fingerprint density at radius 3 is 2.72 bits per heavy atom. The Labute approximate surface area is 213 Å². The maximum atomic E-state index is 12.6. The minimum absolute atomic E-state index is 0. The van der Waals surface area contributed by atoms with E-state index in [0.29, 0.717) is 17.9 Å². The molecule has 0 radical (unpaired) electrons. The number of β-lactam (4-membered cyclic amide) rings is 1. The van der Waals surface area contributed by atoms with Gasteiger partial charge in [-0.2, -0.15) is 0 Å². The molecule has 0 aromatic heterocycles. The molecule has 2 fully saturated rings. The van der Waals surface area contributed by atoms with E-state index < -0.39 is 18.0 Å². The number of fused-ring (bicyclic) bond motifs is 1. The van der Waals surface area contributed by atoms with Crippen molar-refractivity contribution in [3.63, 3.8) is 0 Å². The second-order valence-corrected chi connectivity index (χ2v) is 9.89. The van der Waals surface area contributed by atoms with Gasteiger partial charge in [0.05, 0.1) is 35.8 Å². The van der Waals surface area contributed by atoms with Crippen LogP contribution in [0.25, 0.3) is 0 Å². The van der Waals surface area contributed by atoms with Crippen molar-refractivity contribution in [2.45, 2.75) is 50.6 Å². The van der Waals surface area contributed by atoms with E-state index in [1.807, 2.05) is 38.1 Å². The molecule has 6 atom stereocenters. The molecule has 1 aromatic carbocycles. The first-order valence-corrected chi connectivity index (χ1v) is 11.3. The molecule has 2 amide bonds. The molecule has 0 bridgehead atoms. The summed E-state index contributed by atoms with van der Waals surface area (Å²) in [6, 6.07) is 6.83. The number of nitrogens with one attached hydrogen (secondary N) is 2. The molecule has 2 saturated heterocycles. The number of benzene rings is 1. The molecule has 0 saturated carbocycles. The number of rotatable bonds is 6. The summed E-state index contributed by atoms with van der Waals surface area (Å²) in [5.41, 5.74) is 1.70. The van der Waals surface area contributed by atoms with Crippen LogP contribution in [0.2, 0.25) is 0 Å². The molecule has 4 rings (SSSR count). The maximum absolute atomic E-state index is 12.6. The van der Waals surface area contributed by atoms with E-state index in [1.165, 1.54) is 16.7 Å². The fourth-order valence-electron chi connectivity index (χ4n) is 4.79. The van der Waals surface area contributed by atoms with E-state index in [-0.39, 0.29) is 70.3 Å². The van der Waals surface area contributed by atoms with Crippen LogP contribution in [0.5, 0.6) is 0 Å². The molecule has 3 N–H and O–H groups in total. The summed E-state index contributed by atoms with van der Waals surface area (Å²) in [7, 11) is 0. The predicted molar refractivity (Wildman–Crippen MR) is 115 cm³/mol. The minimum atomic E-state index is -1.38. The number of aliphatic carboxylic acids is 1. The Morgan fingerprint density at radius 2 is 2.09 bits per heavy atom. The van der Waals surface area contributed by atoms with Gasteiger partial charge in [0.25, 0.3) is 0 Å². The van der Waals surface area contributed by atoms with Crippen molar-refractivity contribution in [3.8, 4) is 0 Å². The Kier molecular flexibility index (Phi) is 7.79. The number of hydrogen-bond acceptors (Lipinski definition) is 7. The number of aliphatic hydroxyl groups excluding tert-OH is 1. The molecular formula is C22H26N3NaO5S. The Balaban J connectivity index is 0.00000289.